The lowest BCUT2D eigenvalue weighted by Gasteiger charge is -2.34. The van der Waals surface area contributed by atoms with E-state index in [2.05, 4.69) is 50.7 Å². The van der Waals surface area contributed by atoms with Crippen molar-refractivity contribution >= 4 is 22.6 Å². The largest absolute Gasteiger partial charge is 0.355 e. The second-order valence-corrected chi connectivity index (χ2v) is 10.1. The van der Waals surface area contributed by atoms with Gasteiger partial charge in [-0.25, -0.2) is 4.98 Å². The highest BCUT2D eigenvalue weighted by Gasteiger charge is 2.20. The SMILES string of the molecule is CCCCCCCCCCCC(=O)NCCN1CCN(c2nc(Cc3ccccc3)ns2)CC1. The van der Waals surface area contributed by atoms with Crippen LogP contribution >= 0.6 is 11.5 Å². The van der Waals surface area contributed by atoms with Crippen LogP contribution in [0, 0.1) is 0 Å². The first-order valence-electron chi connectivity index (χ1n) is 13.3. The van der Waals surface area contributed by atoms with Crippen LogP contribution in [-0.4, -0.2) is 59.4 Å². The van der Waals surface area contributed by atoms with Crippen molar-refractivity contribution in [3.63, 3.8) is 0 Å². The van der Waals surface area contributed by atoms with Gasteiger partial charge in [0.25, 0.3) is 0 Å². The number of piperazine rings is 1. The molecule has 0 saturated carbocycles. The summed E-state index contributed by atoms with van der Waals surface area (Å²) in [6.45, 7) is 7.86. The third-order valence-corrected chi connectivity index (χ3v) is 7.38. The summed E-state index contributed by atoms with van der Waals surface area (Å²) >= 11 is 1.50. The molecule has 1 aliphatic heterocycles. The molecule has 7 heteroatoms. The van der Waals surface area contributed by atoms with Gasteiger partial charge in [0.05, 0.1) is 0 Å². The van der Waals surface area contributed by atoms with Gasteiger partial charge >= 0.3 is 0 Å². The Morgan fingerprint density at radius 3 is 2.32 bits per heavy atom. The monoisotopic (exact) mass is 485 g/mol. The second-order valence-electron chi connectivity index (χ2n) is 9.41. The lowest BCUT2D eigenvalue weighted by molar-refractivity contribution is -0.121. The zero-order valence-electron chi connectivity index (χ0n) is 21.0. The number of hydrogen-bond acceptors (Lipinski definition) is 6. The van der Waals surface area contributed by atoms with Crippen LogP contribution in [0.4, 0.5) is 5.13 Å². The first-order valence-corrected chi connectivity index (χ1v) is 14.1. The Kier molecular flexibility index (Phi) is 12.4. The number of anilines is 1. The highest BCUT2D eigenvalue weighted by Crippen LogP contribution is 2.20. The van der Waals surface area contributed by atoms with Gasteiger partial charge < -0.3 is 10.2 Å². The van der Waals surface area contributed by atoms with E-state index in [1.807, 2.05) is 6.07 Å². The van der Waals surface area contributed by atoms with Crippen molar-refractivity contribution < 1.29 is 4.79 Å². The number of hydrogen-bond donors (Lipinski definition) is 1. The van der Waals surface area contributed by atoms with E-state index < -0.39 is 0 Å². The van der Waals surface area contributed by atoms with Gasteiger partial charge in [0.1, 0.15) is 5.82 Å². The molecular formula is C27H43N5OS. The zero-order chi connectivity index (χ0) is 23.8. The zero-order valence-corrected chi connectivity index (χ0v) is 21.8. The smallest absolute Gasteiger partial charge is 0.220 e. The Labute approximate surface area is 210 Å². The topological polar surface area (TPSA) is 61.4 Å². The quantitative estimate of drug-likeness (QED) is 0.328. The molecular weight excluding hydrogens is 442 g/mol. The number of carbonyl (C=O) groups is 1. The fourth-order valence-corrected chi connectivity index (χ4v) is 5.16. The Morgan fingerprint density at radius 1 is 0.941 bits per heavy atom. The van der Waals surface area contributed by atoms with Crippen LogP contribution < -0.4 is 10.2 Å². The van der Waals surface area contributed by atoms with Gasteiger partial charge in [0, 0.05) is 63.6 Å². The molecule has 1 fully saturated rings. The second kappa shape index (κ2) is 15.8. The van der Waals surface area contributed by atoms with Crippen molar-refractivity contribution in [3.8, 4) is 0 Å². The number of aromatic nitrogens is 2. The van der Waals surface area contributed by atoms with E-state index in [-0.39, 0.29) is 5.91 Å². The molecule has 2 heterocycles. The lowest BCUT2D eigenvalue weighted by atomic mass is 10.1. The predicted octanol–water partition coefficient (Wildman–Crippen LogP) is 5.29. The highest BCUT2D eigenvalue weighted by molar-refractivity contribution is 7.09. The van der Waals surface area contributed by atoms with Gasteiger partial charge in [-0.05, 0) is 12.0 Å². The fourth-order valence-electron chi connectivity index (χ4n) is 4.42. The molecule has 1 aromatic carbocycles. The summed E-state index contributed by atoms with van der Waals surface area (Å²) < 4.78 is 4.56. The van der Waals surface area contributed by atoms with E-state index in [4.69, 9.17) is 4.98 Å². The van der Waals surface area contributed by atoms with Gasteiger partial charge in [-0.15, -0.1) is 0 Å². The maximum atomic E-state index is 12.1. The molecule has 34 heavy (non-hydrogen) atoms. The van der Waals surface area contributed by atoms with E-state index in [9.17, 15) is 4.79 Å². The van der Waals surface area contributed by atoms with Gasteiger partial charge in [-0.2, -0.15) is 4.37 Å². The molecule has 2 aromatic rings. The van der Waals surface area contributed by atoms with Crippen LogP contribution in [0.3, 0.4) is 0 Å². The first kappa shape index (κ1) is 26.6. The van der Waals surface area contributed by atoms with E-state index in [1.54, 1.807) is 0 Å². The van der Waals surface area contributed by atoms with Crippen LogP contribution in [0.15, 0.2) is 30.3 Å². The molecule has 188 valence electrons. The number of amides is 1. The minimum atomic E-state index is 0.210. The minimum Gasteiger partial charge on any atom is -0.355 e. The van der Waals surface area contributed by atoms with Crippen molar-refractivity contribution in [2.24, 2.45) is 0 Å². The molecule has 1 N–H and O–H groups in total. The molecule has 0 aliphatic carbocycles. The van der Waals surface area contributed by atoms with Crippen LogP contribution in [0.1, 0.15) is 82.5 Å². The molecule has 1 amide bonds. The Morgan fingerprint density at radius 2 is 1.62 bits per heavy atom. The summed E-state index contributed by atoms with van der Waals surface area (Å²) in [6, 6.07) is 10.4. The van der Waals surface area contributed by atoms with Gasteiger partial charge in [0.2, 0.25) is 11.0 Å². The number of rotatable bonds is 16. The van der Waals surface area contributed by atoms with E-state index >= 15 is 0 Å². The molecule has 1 aromatic heterocycles. The maximum absolute atomic E-state index is 12.1. The lowest BCUT2D eigenvalue weighted by Crippen LogP contribution is -2.48. The molecule has 0 radical (unpaired) electrons. The average molecular weight is 486 g/mol. The van der Waals surface area contributed by atoms with Crippen molar-refractivity contribution in [3.05, 3.63) is 41.7 Å². The summed E-state index contributed by atoms with van der Waals surface area (Å²) in [5, 5.41) is 4.14. The Balaban J connectivity index is 1.21. The van der Waals surface area contributed by atoms with E-state index in [0.717, 1.165) is 63.1 Å². The van der Waals surface area contributed by atoms with Crippen molar-refractivity contribution in [1.82, 2.24) is 19.6 Å². The predicted molar refractivity (Wildman–Crippen MR) is 143 cm³/mol. The third-order valence-electron chi connectivity index (χ3n) is 6.56. The number of unbranched alkanes of at least 4 members (excludes halogenated alkanes) is 8. The summed E-state index contributed by atoms with van der Waals surface area (Å²) in [5.74, 6) is 1.12. The molecule has 0 bridgehead atoms. The summed E-state index contributed by atoms with van der Waals surface area (Å²) in [6.07, 6.45) is 13.0. The van der Waals surface area contributed by atoms with Crippen LogP contribution in [0.25, 0.3) is 0 Å². The van der Waals surface area contributed by atoms with Crippen molar-refractivity contribution in [2.45, 2.75) is 77.6 Å². The highest BCUT2D eigenvalue weighted by atomic mass is 32.1. The summed E-state index contributed by atoms with van der Waals surface area (Å²) in [5.41, 5.74) is 1.25. The molecule has 1 aliphatic rings. The van der Waals surface area contributed by atoms with Gasteiger partial charge in [-0.3, -0.25) is 9.69 Å². The summed E-state index contributed by atoms with van der Waals surface area (Å²) in [7, 11) is 0. The molecule has 3 rings (SSSR count). The van der Waals surface area contributed by atoms with E-state index in [0.29, 0.717) is 6.42 Å². The van der Waals surface area contributed by atoms with Gasteiger partial charge in [-0.1, -0.05) is 88.6 Å². The Hall–Kier alpha value is -1.99. The van der Waals surface area contributed by atoms with Gasteiger partial charge in [0.15, 0.2) is 0 Å². The number of nitrogens with one attached hydrogen (secondary N) is 1. The van der Waals surface area contributed by atoms with Crippen LogP contribution in [0.2, 0.25) is 0 Å². The third kappa shape index (κ3) is 10.1. The maximum Gasteiger partial charge on any atom is 0.220 e. The number of benzene rings is 1. The fraction of sp³-hybridized carbons (Fsp3) is 0.667. The minimum absolute atomic E-state index is 0.210. The number of nitrogens with zero attached hydrogens (tertiary/aromatic N) is 4. The molecule has 6 nitrogen and oxygen atoms in total. The normalized spacial score (nSPS) is 14.4. The average Bonchev–Trinajstić information content (AvgIpc) is 3.32. The van der Waals surface area contributed by atoms with Crippen molar-refractivity contribution in [1.29, 1.82) is 0 Å². The van der Waals surface area contributed by atoms with Crippen LogP contribution in [-0.2, 0) is 11.2 Å². The standard InChI is InChI=1S/C27H43N5OS/c1-2-3-4-5-6-7-8-9-13-16-26(33)28-17-18-31-19-21-32(22-20-31)27-29-25(30-34-27)23-24-14-11-10-12-15-24/h10-12,14-15H,2-9,13,16-23H2,1H3,(H,28,33). The van der Waals surface area contributed by atoms with Crippen LogP contribution in [0.5, 0.6) is 0 Å². The van der Waals surface area contributed by atoms with Crippen molar-refractivity contribution in [2.75, 3.05) is 44.2 Å². The molecule has 0 unspecified atom stereocenters. The summed E-state index contributed by atoms with van der Waals surface area (Å²) in [4.78, 5) is 21.6. The first-order chi connectivity index (χ1) is 16.7. The Bertz CT molecular complexity index is 804. The number of carbonyl (C=O) groups excluding carboxylic acids is 1. The van der Waals surface area contributed by atoms with E-state index in [1.165, 1.54) is 68.5 Å². The molecule has 0 atom stereocenters. The molecule has 1 saturated heterocycles. The molecule has 0 spiro atoms.